The van der Waals surface area contributed by atoms with Crippen LogP contribution >= 0.6 is 0 Å². The van der Waals surface area contributed by atoms with Crippen molar-refractivity contribution in [1.29, 1.82) is 0 Å². The maximum absolute atomic E-state index is 12.8. The summed E-state index contributed by atoms with van der Waals surface area (Å²) >= 11 is 0. The lowest BCUT2D eigenvalue weighted by Gasteiger charge is -2.21. The van der Waals surface area contributed by atoms with Crippen molar-refractivity contribution < 1.29 is 4.79 Å². The zero-order valence-electron chi connectivity index (χ0n) is 14.6. The molecule has 0 N–H and O–H groups in total. The molecule has 0 aromatic heterocycles. The Hall–Kier alpha value is -1.59. The van der Waals surface area contributed by atoms with Crippen LogP contribution in [-0.4, -0.2) is 5.78 Å². The minimum absolute atomic E-state index is 0.0142. The number of benzene rings is 1. The molecule has 22 heavy (non-hydrogen) atoms. The number of rotatable bonds is 9. The van der Waals surface area contributed by atoms with Crippen molar-refractivity contribution >= 4 is 5.78 Å². The van der Waals surface area contributed by atoms with Crippen molar-refractivity contribution in [3.8, 4) is 0 Å². The fourth-order valence-corrected chi connectivity index (χ4v) is 2.87. The number of carbonyl (C=O) groups excluding carboxylic acids is 1. The molecule has 0 aliphatic heterocycles. The number of ketones is 1. The summed E-state index contributed by atoms with van der Waals surface area (Å²) in [7, 11) is 0. The topological polar surface area (TPSA) is 17.1 Å². The Bertz CT molecular complexity index is 506. The first-order valence-corrected chi connectivity index (χ1v) is 8.43. The minimum Gasteiger partial charge on any atom is -0.299 e. The van der Waals surface area contributed by atoms with Gasteiger partial charge < -0.3 is 0 Å². The molecular weight excluding hydrogens is 268 g/mol. The van der Waals surface area contributed by atoms with Crippen LogP contribution in [0.3, 0.4) is 0 Å². The SMILES string of the molecule is C=C=C(C)C(CCC(C)C)CC(=O)C(CC)c1ccccc1. The Balaban J connectivity index is 2.82. The minimum atomic E-state index is 0.0142. The lowest BCUT2D eigenvalue weighted by atomic mass is 9.82. The van der Waals surface area contributed by atoms with Crippen LogP contribution in [0, 0.1) is 11.8 Å². The van der Waals surface area contributed by atoms with Crippen molar-refractivity contribution in [3.63, 3.8) is 0 Å². The summed E-state index contributed by atoms with van der Waals surface area (Å²) in [6, 6.07) is 10.1. The second-order valence-electron chi connectivity index (χ2n) is 6.57. The molecule has 120 valence electrons. The van der Waals surface area contributed by atoms with E-state index in [1.807, 2.05) is 18.2 Å². The number of carbonyl (C=O) groups is 1. The normalized spacial score (nSPS) is 13.5. The fraction of sp³-hybridized carbons (Fsp3) is 0.524. The van der Waals surface area contributed by atoms with E-state index in [4.69, 9.17) is 0 Å². The Kier molecular flexibility index (Phi) is 7.91. The van der Waals surface area contributed by atoms with E-state index in [1.54, 1.807) is 0 Å². The van der Waals surface area contributed by atoms with Gasteiger partial charge in [0.05, 0.1) is 0 Å². The Morgan fingerprint density at radius 1 is 1.18 bits per heavy atom. The van der Waals surface area contributed by atoms with Crippen molar-refractivity contribution in [1.82, 2.24) is 0 Å². The van der Waals surface area contributed by atoms with Crippen molar-refractivity contribution in [2.75, 3.05) is 0 Å². The lowest BCUT2D eigenvalue weighted by molar-refractivity contribution is -0.121. The van der Waals surface area contributed by atoms with Gasteiger partial charge in [-0.2, -0.15) is 0 Å². The van der Waals surface area contributed by atoms with E-state index in [9.17, 15) is 4.79 Å². The van der Waals surface area contributed by atoms with Crippen LogP contribution in [0.15, 0.2) is 48.2 Å². The molecule has 0 spiro atoms. The van der Waals surface area contributed by atoms with E-state index < -0.39 is 0 Å². The van der Waals surface area contributed by atoms with Crippen LogP contribution in [-0.2, 0) is 4.79 Å². The highest BCUT2D eigenvalue weighted by molar-refractivity contribution is 5.86. The molecule has 0 amide bonds. The van der Waals surface area contributed by atoms with E-state index in [0.29, 0.717) is 18.1 Å². The molecule has 0 saturated heterocycles. The Morgan fingerprint density at radius 2 is 1.82 bits per heavy atom. The Morgan fingerprint density at radius 3 is 2.32 bits per heavy atom. The molecule has 0 radical (unpaired) electrons. The molecule has 1 heteroatoms. The first-order chi connectivity index (χ1) is 10.5. The first-order valence-electron chi connectivity index (χ1n) is 8.43. The van der Waals surface area contributed by atoms with Gasteiger partial charge in [0.15, 0.2) is 0 Å². The summed E-state index contributed by atoms with van der Waals surface area (Å²) in [6.45, 7) is 12.4. The van der Waals surface area contributed by atoms with E-state index in [-0.39, 0.29) is 11.8 Å². The number of hydrogen-bond acceptors (Lipinski definition) is 1. The third-order valence-electron chi connectivity index (χ3n) is 4.43. The molecule has 0 heterocycles. The van der Waals surface area contributed by atoms with Gasteiger partial charge in [0.25, 0.3) is 0 Å². The summed E-state index contributed by atoms with van der Waals surface area (Å²) in [5, 5.41) is 0. The predicted octanol–water partition coefficient (Wildman–Crippen LogP) is 5.92. The second-order valence-corrected chi connectivity index (χ2v) is 6.57. The average Bonchev–Trinajstić information content (AvgIpc) is 2.52. The molecule has 0 aliphatic rings. The summed E-state index contributed by atoms with van der Waals surface area (Å²) in [6.07, 6.45) is 3.65. The molecule has 1 aromatic rings. The van der Waals surface area contributed by atoms with Crippen LogP contribution in [0.4, 0.5) is 0 Å². The molecule has 0 saturated carbocycles. The van der Waals surface area contributed by atoms with Crippen molar-refractivity contribution in [3.05, 3.63) is 53.8 Å². The molecular formula is C21H30O. The van der Waals surface area contributed by atoms with E-state index in [2.05, 4.69) is 52.1 Å². The summed E-state index contributed by atoms with van der Waals surface area (Å²) in [5.74, 6) is 1.30. The predicted molar refractivity (Wildman–Crippen MR) is 95.0 cm³/mol. The largest absolute Gasteiger partial charge is 0.299 e. The van der Waals surface area contributed by atoms with Gasteiger partial charge in [0.2, 0.25) is 0 Å². The van der Waals surface area contributed by atoms with Crippen LogP contribution in [0.5, 0.6) is 0 Å². The van der Waals surface area contributed by atoms with Crippen molar-refractivity contribution in [2.45, 2.75) is 59.3 Å². The molecule has 0 fully saturated rings. The summed E-state index contributed by atoms with van der Waals surface area (Å²) < 4.78 is 0. The maximum atomic E-state index is 12.8. The lowest BCUT2D eigenvalue weighted by Crippen LogP contribution is -2.17. The van der Waals surface area contributed by atoms with Crippen molar-refractivity contribution in [2.24, 2.45) is 11.8 Å². The van der Waals surface area contributed by atoms with Crippen LogP contribution in [0.2, 0.25) is 0 Å². The summed E-state index contributed by atoms with van der Waals surface area (Å²) in [5.41, 5.74) is 5.26. The standard InChI is InChI=1S/C21H30O/c1-6-17(5)19(14-13-16(3)4)15-21(22)20(7-2)18-11-9-8-10-12-18/h8-12,16,19-20H,1,7,13-15H2,2-5H3. The quantitative estimate of drug-likeness (QED) is 0.517. The van der Waals surface area contributed by atoms with E-state index >= 15 is 0 Å². The third-order valence-corrected chi connectivity index (χ3v) is 4.43. The molecule has 2 unspecified atom stereocenters. The van der Waals surface area contributed by atoms with Crippen LogP contribution in [0.1, 0.15) is 64.9 Å². The average molecular weight is 298 g/mol. The van der Waals surface area contributed by atoms with Gasteiger partial charge in [-0.1, -0.05) is 64.1 Å². The van der Waals surface area contributed by atoms with Gasteiger partial charge in [0, 0.05) is 12.3 Å². The monoisotopic (exact) mass is 298 g/mol. The van der Waals surface area contributed by atoms with E-state index in [1.165, 1.54) is 0 Å². The Labute approximate surface area is 136 Å². The molecule has 1 nitrogen and oxygen atoms in total. The number of allylic oxidation sites excluding steroid dienone is 1. The molecule has 1 aromatic carbocycles. The maximum Gasteiger partial charge on any atom is 0.140 e. The zero-order valence-corrected chi connectivity index (χ0v) is 14.6. The first kappa shape index (κ1) is 18.5. The van der Waals surface area contributed by atoms with Gasteiger partial charge in [-0.05, 0) is 42.7 Å². The van der Waals surface area contributed by atoms with E-state index in [0.717, 1.165) is 30.4 Å². The van der Waals surface area contributed by atoms with Gasteiger partial charge in [-0.15, -0.1) is 5.73 Å². The second kappa shape index (κ2) is 9.43. The van der Waals surface area contributed by atoms with Crippen LogP contribution < -0.4 is 0 Å². The van der Waals surface area contributed by atoms with Crippen LogP contribution in [0.25, 0.3) is 0 Å². The van der Waals surface area contributed by atoms with Gasteiger partial charge in [0.1, 0.15) is 5.78 Å². The molecule has 0 aliphatic carbocycles. The third kappa shape index (κ3) is 5.66. The highest BCUT2D eigenvalue weighted by atomic mass is 16.1. The highest BCUT2D eigenvalue weighted by Gasteiger charge is 2.23. The highest BCUT2D eigenvalue weighted by Crippen LogP contribution is 2.28. The zero-order chi connectivity index (χ0) is 16.5. The molecule has 2 atom stereocenters. The number of Topliss-reactive ketones (excluding diaryl/α,β-unsaturated/α-hetero) is 1. The fourth-order valence-electron chi connectivity index (χ4n) is 2.87. The van der Waals surface area contributed by atoms with Gasteiger partial charge >= 0.3 is 0 Å². The summed E-state index contributed by atoms with van der Waals surface area (Å²) in [4.78, 5) is 12.8. The molecule has 0 bridgehead atoms. The smallest absolute Gasteiger partial charge is 0.140 e. The molecule has 1 rings (SSSR count). The van der Waals surface area contributed by atoms with Gasteiger partial charge in [-0.25, -0.2) is 0 Å². The number of hydrogen-bond donors (Lipinski definition) is 0. The van der Waals surface area contributed by atoms with Gasteiger partial charge in [-0.3, -0.25) is 4.79 Å².